The summed E-state index contributed by atoms with van der Waals surface area (Å²) in [6.45, 7) is 10.6. The summed E-state index contributed by atoms with van der Waals surface area (Å²) in [6.07, 6.45) is 0. The zero-order chi connectivity index (χ0) is 17.9. The van der Waals surface area contributed by atoms with Crippen LogP contribution in [0.15, 0.2) is 54.6 Å². The van der Waals surface area contributed by atoms with Crippen molar-refractivity contribution in [1.82, 2.24) is 9.80 Å². The molecule has 3 rings (SSSR count). The molecule has 1 aliphatic heterocycles. The van der Waals surface area contributed by atoms with E-state index >= 15 is 0 Å². The Balaban J connectivity index is 1.60. The smallest absolute Gasteiger partial charge is 0.232 e. The van der Waals surface area contributed by atoms with Crippen LogP contribution >= 0.6 is 0 Å². The van der Waals surface area contributed by atoms with Crippen LogP contribution in [0.1, 0.15) is 30.5 Å². The highest BCUT2D eigenvalue weighted by molar-refractivity contribution is 5.87. The van der Waals surface area contributed by atoms with Crippen molar-refractivity contribution in [2.75, 3.05) is 26.2 Å². The molecular formula is C22H28N2O. The van der Waals surface area contributed by atoms with Gasteiger partial charge in [-0.15, -0.1) is 0 Å². The van der Waals surface area contributed by atoms with E-state index in [1.165, 1.54) is 11.1 Å². The molecule has 3 nitrogen and oxygen atoms in total. The molecule has 0 aromatic heterocycles. The third-order valence-corrected chi connectivity index (χ3v) is 5.22. The molecule has 0 aliphatic carbocycles. The maximum absolute atomic E-state index is 13.1. The quantitative estimate of drug-likeness (QED) is 0.851. The SMILES string of the molecule is Cc1ccc(C(C)(C)C(=O)N2CCN(Cc3ccccc3)CC2)cc1. The number of hydrogen-bond acceptors (Lipinski definition) is 2. The van der Waals surface area contributed by atoms with E-state index in [0.29, 0.717) is 0 Å². The predicted octanol–water partition coefficient (Wildman–Crippen LogP) is 3.62. The van der Waals surface area contributed by atoms with Crippen LogP contribution in [0.3, 0.4) is 0 Å². The molecule has 1 aliphatic rings. The predicted molar refractivity (Wildman–Crippen MR) is 103 cm³/mol. The number of carbonyl (C=O) groups excluding carboxylic acids is 1. The van der Waals surface area contributed by atoms with Crippen molar-refractivity contribution in [2.24, 2.45) is 0 Å². The fourth-order valence-corrected chi connectivity index (χ4v) is 3.44. The van der Waals surface area contributed by atoms with Gasteiger partial charge in [-0.25, -0.2) is 0 Å². The van der Waals surface area contributed by atoms with Crippen LogP contribution in [0, 0.1) is 6.92 Å². The number of piperazine rings is 1. The Labute approximate surface area is 151 Å². The Kier molecular flexibility index (Phi) is 5.24. The van der Waals surface area contributed by atoms with Gasteiger partial charge in [-0.3, -0.25) is 9.69 Å². The topological polar surface area (TPSA) is 23.6 Å². The summed E-state index contributed by atoms with van der Waals surface area (Å²) in [5, 5.41) is 0. The van der Waals surface area contributed by atoms with Crippen LogP contribution in [-0.2, 0) is 16.8 Å². The van der Waals surface area contributed by atoms with E-state index in [2.05, 4.69) is 60.4 Å². The highest BCUT2D eigenvalue weighted by Crippen LogP contribution is 2.26. The van der Waals surface area contributed by atoms with Crippen molar-refractivity contribution in [2.45, 2.75) is 32.7 Å². The van der Waals surface area contributed by atoms with Gasteiger partial charge in [0.25, 0.3) is 0 Å². The van der Waals surface area contributed by atoms with Gasteiger partial charge in [0.2, 0.25) is 5.91 Å². The molecule has 132 valence electrons. The first-order valence-electron chi connectivity index (χ1n) is 9.09. The molecular weight excluding hydrogens is 308 g/mol. The van der Waals surface area contributed by atoms with Crippen LogP contribution < -0.4 is 0 Å². The lowest BCUT2D eigenvalue weighted by Crippen LogP contribution is -2.52. The third kappa shape index (κ3) is 4.10. The Morgan fingerprint density at radius 2 is 1.52 bits per heavy atom. The largest absolute Gasteiger partial charge is 0.339 e. The Morgan fingerprint density at radius 3 is 2.12 bits per heavy atom. The molecule has 1 amide bonds. The van der Waals surface area contributed by atoms with Gasteiger partial charge in [-0.05, 0) is 31.9 Å². The van der Waals surface area contributed by atoms with Crippen LogP contribution in [0.2, 0.25) is 0 Å². The van der Waals surface area contributed by atoms with Crippen molar-refractivity contribution in [3.05, 3.63) is 71.3 Å². The molecule has 1 fully saturated rings. The van der Waals surface area contributed by atoms with Crippen LogP contribution in [0.25, 0.3) is 0 Å². The van der Waals surface area contributed by atoms with Gasteiger partial charge in [-0.1, -0.05) is 60.2 Å². The molecule has 0 spiro atoms. The van der Waals surface area contributed by atoms with E-state index in [1.54, 1.807) is 0 Å². The van der Waals surface area contributed by atoms with E-state index in [0.717, 1.165) is 38.3 Å². The fourth-order valence-electron chi connectivity index (χ4n) is 3.44. The Morgan fingerprint density at radius 1 is 0.920 bits per heavy atom. The first-order valence-corrected chi connectivity index (χ1v) is 9.09. The molecule has 2 aromatic rings. The molecule has 0 N–H and O–H groups in total. The normalized spacial score (nSPS) is 16.0. The number of benzene rings is 2. The summed E-state index contributed by atoms with van der Waals surface area (Å²) in [4.78, 5) is 17.5. The van der Waals surface area contributed by atoms with Crippen LogP contribution in [-0.4, -0.2) is 41.9 Å². The maximum atomic E-state index is 13.1. The van der Waals surface area contributed by atoms with Gasteiger partial charge in [0.05, 0.1) is 5.41 Å². The van der Waals surface area contributed by atoms with Crippen molar-refractivity contribution in [3.8, 4) is 0 Å². The van der Waals surface area contributed by atoms with Crippen molar-refractivity contribution >= 4 is 5.91 Å². The third-order valence-electron chi connectivity index (χ3n) is 5.22. The lowest BCUT2D eigenvalue weighted by atomic mass is 9.82. The van der Waals surface area contributed by atoms with Crippen LogP contribution in [0.4, 0.5) is 0 Å². The zero-order valence-electron chi connectivity index (χ0n) is 15.5. The molecule has 0 radical (unpaired) electrons. The van der Waals surface area contributed by atoms with Crippen molar-refractivity contribution in [1.29, 1.82) is 0 Å². The van der Waals surface area contributed by atoms with E-state index in [4.69, 9.17) is 0 Å². The number of nitrogens with zero attached hydrogens (tertiary/aromatic N) is 2. The highest BCUT2D eigenvalue weighted by atomic mass is 16.2. The minimum Gasteiger partial charge on any atom is -0.339 e. The molecule has 3 heteroatoms. The Hall–Kier alpha value is -2.13. The monoisotopic (exact) mass is 336 g/mol. The summed E-state index contributed by atoms with van der Waals surface area (Å²) in [6, 6.07) is 18.9. The summed E-state index contributed by atoms with van der Waals surface area (Å²) in [5.74, 6) is 0.232. The lowest BCUT2D eigenvalue weighted by Gasteiger charge is -2.39. The maximum Gasteiger partial charge on any atom is 0.232 e. The fraction of sp³-hybridized carbons (Fsp3) is 0.409. The van der Waals surface area contributed by atoms with Crippen molar-refractivity contribution < 1.29 is 4.79 Å². The number of carbonyl (C=O) groups is 1. The molecule has 0 unspecified atom stereocenters. The zero-order valence-corrected chi connectivity index (χ0v) is 15.5. The van der Waals surface area contributed by atoms with Crippen molar-refractivity contribution in [3.63, 3.8) is 0 Å². The average molecular weight is 336 g/mol. The molecule has 1 saturated heterocycles. The van der Waals surface area contributed by atoms with Crippen LogP contribution in [0.5, 0.6) is 0 Å². The standard InChI is InChI=1S/C22H28N2O/c1-18-9-11-20(12-10-18)22(2,3)21(25)24-15-13-23(14-16-24)17-19-7-5-4-6-8-19/h4-12H,13-17H2,1-3H3. The van der Waals surface area contributed by atoms with Gasteiger partial charge < -0.3 is 4.90 Å². The minimum absolute atomic E-state index is 0.232. The minimum atomic E-state index is -0.477. The summed E-state index contributed by atoms with van der Waals surface area (Å²) in [5.41, 5.74) is 3.17. The van der Waals surface area contributed by atoms with Gasteiger partial charge in [0.15, 0.2) is 0 Å². The molecule has 0 atom stereocenters. The average Bonchev–Trinajstić information content (AvgIpc) is 2.63. The molecule has 25 heavy (non-hydrogen) atoms. The van der Waals surface area contributed by atoms with E-state index in [9.17, 15) is 4.79 Å². The van der Waals surface area contributed by atoms with Gasteiger partial charge in [0, 0.05) is 32.7 Å². The Bertz CT molecular complexity index is 699. The second-order valence-corrected chi connectivity index (χ2v) is 7.54. The first-order chi connectivity index (χ1) is 12.0. The highest BCUT2D eigenvalue weighted by Gasteiger charge is 2.35. The van der Waals surface area contributed by atoms with E-state index in [-0.39, 0.29) is 5.91 Å². The van der Waals surface area contributed by atoms with E-state index < -0.39 is 5.41 Å². The second kappa shape index (κ2) is 7.40. The number of hydrogen-bond donors (Lipinski definition) is 0. The number of rotatable bonds is 4. The van der Waals surface area contributed by atoms with Gasteiger partial charge >= 0.3 is 0 Å². The first kappa shape index (κ1) is 17.7. The summed E-state index contributed by atoms with van der Waals surface area (Å²) < 4.78 is 0. The van der Waals surface area contributed by atoms with E-state index in [1.807, 2.05) is 24.8 Å². The summed E-state index contributed by atoms with van der Waals surface area (Å²) >= 11 is 0. The van der Waals surface area contributed by atoms with Gasteiger partial charge in [0.1, 0.15) is 0 Å². The molecule has 2 aromatic carbocycles. The lowest BCUT2D eigenvalue weighted by molar-refractivity contribution is -0.138. The molecule has 0 bridgehead atoms. The van der Waals surface area contributed by atoms with Gasteiger partial charge in [-0.2, -0.15) is 0 Å². The second-order valence-electron chi connectivity index (χ2n) is 7.54. The summed E-state index contributed by atoms with van der Waals surface area (Å²) in [7, 11) is 0. The molecule has 1 heterocycles. The number of aryl methyl sites for hydroxylation is 1. The molecule has 0 saturated carbocycles. The number of amides is 1.